The standard InChI is InChI=1S/C15H19N5O2/c1-9(14(21)17-8-10-6-16-7-10)18-15(22)13-11-4-2-3-5-12(11)19-20-13/h2-5,9-10,16H,6-8H2,1H3,(H,17,21)(H,18,22)(H,19,20). The molecule has 1 aromatic carbocycles. The molecule has 1 unspecified atom stereocenters. The van der Waals surface area contributed by atoms with Crippen LogP contribution in [0.2, 0.25) is 0 Å². The Morgan fingerprint density at radius 2 is 2.14 bits per heavy atom. The van der Waals surface area contributed by atoms with Gasteiger partial charge in [0, 0.05) is 30.9 Å². The summed E-state index contributed by atoms with van der Waals surface area (Å²) >= 11 is 0. The molecule has 7 nitrogen and oxygen atoms in total. The molecular formula is C15H19N5O2. The van der Waals surface area contributed by atoms with Gasteiger partial charge in [0.2, 0.25) is 5.91 Å². The minimum absolute atomic E-state index is 0.180. The molecule has 0 aliphatic carbocycles. The summed E-state index contributed by atoms with van der Waals surface area (Å²) in [4.78, 5) is 24.2. The lowest BCUT2D eigenvalue weighted by Crippen LogP contribution is -2.51. The molecule has 1 aromatic heterocycles. The third kappa shape index (κ3) is 2.94. The second kappa shape index (κ2) is 6.15. The molecule has 3 rings (SSSR count). The van der Waals surface area contributed by atoms with Crippen LogP contribution in [0.3, 0.4) is 0 Å². The summed E-state index contributed by atoms with van der Waals surface area (Å²) in [6, 6.07) is 6.78. The molecule has 0 bridgehead atoms. The van der Waals surface area contributed by atoms with E-state index in [0.29, 0.717) is 18.2 Å². The fourth-order valence-electron chi connectivity index (χ4n) is 2.36. The van der Waals surface area contributed by atoms with E-state index in [0.717, 1.165) is 24.0 Å². The lowest BCUT2D eigenvalue weighted by Gasteiger charge is -2.27. The Bertz CT molecular complexity index is 692. The lowest BCUT2D eigenvalue weighted by atomic mass is 10.0. The van der Waals surface area contributed by atoms with Crippen molar-refractivity contribution >= 4 is 22.7 Å². The Labute approximate surface area is 127 Å². The largest absolute Gasteiger partial charge is 0.354 e. The molecule has 7 heteroatoms. The first-order valence-electron chi connectivity index (χ1n) is 7.37. The van der Waals surface area contributed by atoms with Crippen molar-refractivity contribution in [2.45, 2.75) is 13.0 Å². The number of nitrogens with one attached hydrogen (secondary N) is 4. The van der Waals surface area contributed by atoms with Crippen molar-refractivity contribution in [2.75, 3.05) is 19.6 Å². The average Bonchev–Trinajstić information content (AvgIpc) is 2.89. The fraction of sp³-hybridized carbons (Fsp3) is 0.400. The van der Waals surface area contributed by atoms with Gasteiger partial charge in [-0.15, -0.1) is 0 Å². The number of para-hydroxylation sites is 1. The van der Waals surface area contributed by atoms with Crippen molar-refractivity contribution in [1.82, 2.24) is 26.1 Å². The summed E-state index contributed by atoms with van der Waals surface area (Å²) in [5.74, 6) is -0.0485. The minimum atomic E-state index is -0.601. The molecule has 2 heterocycles. The van der Waals surface area contributed by atoms with Crippen LogP contribution >= 0.6 is 0 Å². The zero-order chi connectivity index (χ0) is 15.5. The van der Waals surface area contributed by atoms with Gasteiger partial charge in [0.15, 0.2) is 5.69 Å². The first-order chi connectivity index (χ1) is 10.6. The van der Waals surface area contributed by atoms with E-state index >= 15 is 0 Å². The van der Waals surface area contributed by atoms with Gasteiger partial charge < -0.3 is 16.0 Å². The van der Waals surface area contributed by atoms with E-state index in [1.165, 1.54) is 0 Å². The van der Waals surface area contributed by atoms with Gasteiger partial charge in [-0.25, -0.2) is 0 Å². The third-order valence-electron chi connectivity index (χ3n) is 3.86. The van der Waals surface area contributed by atoms with Gasteiger partial charge in [0.05, 0.1) is 5.52 Å². The maximum Gasteiger partial charge on any atom is 0.273 e. The molecule has 22 heavy (non-hydrogen) atoms. The highest BCUT2D eigenvalue weighted by atomic mass is 16.2. The van der Waals surface area contributed by atoms with Crippen LogP contribution in [0.15, 0.2) is 24.3 Å². The van der Waals surface area contributed by atoms with Crippen LogP contribution in [0.1, 0.15) is 17.4 Å². The SMILES string of the molecule is CC(NC(=O)c1n[nH]c2ccccc12)C(=O)NCC1CNC1. The van der Waals surface area contributed by atoms with Crippen molar-refractivity contribution in [1.29, 1.82) is 0 Å². The van der Waals surface area contributed by atoms with Crippen LogP contribution < -0.4 is 16.0 Å². The van der Waals surface area contributed by atoms with Gasteiger partial charge >= 0.3 is 0 Å². The second-order valence-electron chi connectivity index (χ2n) is 5.58. The van der Waals surface area contributed by atoms with Crippen LogP contribution in [-0.4, -0.2) is 47.7 Å². The van der Waals surface area contributed by atoms with Crippen molar-refractivity contribution < 1.29 is 9.59 Å². The Morgan fingerprint density at radius 1 is 1.36 bits per heavy atom. The summed E-state index contributed by atoms with van der Waals surface area (Å²) in [6.07, 6.45) is 0. The molecule has 2 aromatic rings. The van der Waals surface area contributed by atoms with E-state index in [1.807, 2.05) is 24.3 Å². The number of amides is 2. The highest BCUT2D eigenvalue weighted by molar-refractivity contribution is 6.05. The number of H-pyrrole nitrogens is 1. The summed E-state index contributed by atoms with van der Waals surface area (Å²) in [7, 11) is 0. The Hall–Kier alpha value is -2.41. The van der Waals surface area contributed by atoms with E-state index in [1.54, 1.807) is 6.92 Å². The number of benzene rings is 1. The van der Waals surface area contributed by atoms with E-state index in [-0.39, 0.29) is 11.8 Å². The molecule has 4 N–H and O–H groups in total. The van der Waals surface area contributed by atoms with Gasteiger partial charge in [-0.05, 0) is 13.0 Å². The highest BCUT2D eigenvalue weighted by Gasteiger charge is 2.22. The van der Waals surface area contributed by atoms with Gasteiger partial charge in [-0.1, -0.05) is 18.2 Å². The summed E-state index contributed by atoms with van der Waals surface area (Å²) < 4.78 is 0. The average molecular weight is 301 g/mol. The topological polar surface area (TPSA) is 98.9 Å². The first-order valence-corrected chi connectivity index (χ1v) is 7.37. The smallest absolute Gasteiger partial charge is 0.273 e. The Kier molecular flexibility index (Phi) is 4.06. The minimum Gasteiger partial charge on any atom is -0.354 e. The van der Waals surface area contributed by atoms with Gasteiger partial charge in [-0.2, -0.15) is 5.10 Å². The maximum atomic E-state index is 12.3. The maximum absolute atomic E-state index is 12.3. The number of nitrogens with zero attached hydrogens (tertiary/aromatic N) is 1. The monoisotopic (exact) mass is 301 g/mol. The van der Waals surface area contributed by atoms with Crippen molar-refractivity contribution in [3.05, 3.63) is 30.0 Å². The molecule has 0 radical (unpaired) electrons. The predicted molar refractivity (Wildman–Crippen MR) is 82.4 cm³/mol. The molecule has 1 aliphatic heterocycles. The molecule has 1 atom stereocenters. The van der Waals surface area contributed by atoms with Gasteiger partial charge in [0.1, 0.15) is 6.04 Å². The van der Waals surface area contributed by atoms with Gasteiger partial charge in [-0.3, -0.25) is 14.7 Å². The summed E-state index contributed by atoms with van der Waals surface area (Å²) in [5, 5.41) is 16.3. The van der Waals surface area contributed by atoms with E-state index < -0.39 is 6.04 Å². The van der Waals surface area contributed by atoms with Gasteiger partial charge in [0.25, 0.3) is 5.91 Å². The van der Waals surface area contributed by atoms with Crippen LogP contribution in [0.4, 0.5) is 0 Å². The molecule has 2 amide bonds. The van der Waals surface area contributed by atoms with E-state index in [4.69, 9.17) is 0 Å². The molecular weight excluding hydrogens is 282 g/mol. The first kappa shape index (κ1) is 14.5. The van der Waals surface area contributed by atoms with Crippen molar-refractivity contribution in [3.63, 3.8) is 0 Å². The third-order valence-corrected chi connectivity index (χ3v) is 3.86. The quantitative estimate of drug-likeness (QED) is 0.625. The Balaban J connectivity index is 1.59. The van der Waals surface area contributed by atoms with Crippen LogP contribution in [0.5, 0.6) is 0 Å². The number of aromatic nitrogens is 2. The molecule has 0 spiro atoms. The lowest BCUT2D eigenvalue weighted by molar-refractivity contribution is -0.122. The number of rotatable bonds is 5. The molecule has 1 saturated heterocycles. The number of fused-ring (bicyclic) bond motifs is 1. The number of hydrogen-bond acceptors (Lipinski definition) is 4. The van der Waals surface area contributed by atoms with E-state index in [9.17, 15) is 9.59 Å². The normalized spacial score (nSPS) is 16.0. The number of hydrogen-bond donors (Lipinski definition) is 4. The van der Waals surface area contributed by atoms with E-state index in [2.05, 4.69) is 26.1 Å². The Morgan fingerprint density at radius 3 is 2.86 bits per heavy atom. The zero-order valence-electron chi connectivity index (χ0n) is 12.3. The molecule has 1 aliphatic rings. The number of carbonyl (C=O) groups excluding carboxylic acids is 2. The van der Waals surface area contributed by atoms with Crippen molar-refractivity contribution in [3.8, 4) is 0 Å². The van der Waals surface area contributed by atoms with Crippen LogP contribution in [0, 0.1) is 5.92 Å². The summed E-state index contributed by atoms with van der Waals surface area (Å²) in [5.41, 5.74) is 1.10. The predicted octanol–water partition coefficient (Wildman–Crippen LogP) is 0.0168. The second-order valence-corrected chi connectivity index (χ2v) is 5.58. The van der Waals surface area contributed by atoms with Crippen LogP contribution in [0.25, 0.3) is 10.9 Å². The zero-order valence-corrected chi connectivity index (χ0v) is 12.3. The summed E-state index contributed by atoms with van der Waals surface area (Å²) in [6.45, 7) is 4.17. The number of aromatic amines is 1. The van der Waals surface area contributed by atoms with Crippen LogP contribution in [-0.2, 0) is 4.79 Å². The fourth-order valence-corrected chi connectivity index (χ4v) is 2.36. The molecule has 0 saturated carbocycles. The van der Waals surface area contributed by atoms with Crippen molar-refractivity contribution in [2.24, 2.45) is 5.92 Å². The highest BCUT2D eigenvalue weighted by Crippen LogP contribution is 2.14. The molecule has 1 fully saturated rings. The number of carbonyl (C=O) groups is 2. The molecule has 116 valence electrons.